The molecule has 1 aromatic carbocycles. The van der Waals surface area contributed by atoms with E-state index in [1.807, 2.05) is 12.1 Å². The molecule has 0 spiro atoms. The summed E-state index contributed by atoms with van der Waals surface area (Å²) >= 11 is 17.6. The summed E-state index contributed by atoms with van der Waals surface area (Å²) in [6, 6.07) is 3.97. The van der Waals surface area contributed by atoms with Crippen LogP contribution in [0.4, 0.5) is 0 Å². The maximum atomic E-state index is 10.9. The van der Waals surface area contributed by atoms with Gasteiger partial charge in [-0.25, -0.2) is 0 Å². The number of phenols is 1. The molecule has 2 aliphatic rings. The molecule has 0 amide bonds. The van der Waals surface area contributed by atoms with E-state index in [1.165, 1.54) is 7.11 Å². The van der Waals surface area contributed by atoms with E-state index in [0.29, 0.717) is 5.56 Å². The van der Waals surface area contributed by atoms with Crippen LogP contribution >= 0.6 is 34.8 Å². The van der Waals surface area contributed by atoms with Crippen molar-refractivity contribution >= 4 is 41.0 Å². The monoisotopic (exact) mass is 537 g/mol. The summed E-state index contributed by atoms with van der Waals surface area (Å²) in [7, 11) is 1.48. The number of halogens is 3. The fraction of sp³-hybridized carbons (Fsp3) is 0.708. The van der Waals surface area contributed by atoms with Gasteiger partial charge < -0.3 is 29.2 Å². The van der Waals surface area contributed by atoms with Gasteiger partial charge in [0.1, 0.15) is 30.2 Å². The fourth-order valence-electron chi connectivity index (χ4n) is 4.05. The van der Waals surface area contributed by atoms with Crippen LogP contribution in [0.3, 0.4) is 0 Å². The number of aliphatic hydroxyl groups excluding tert-OH is 1. The smallest absolute Gasteiger partial charge is 0.241 e. The van der Waals surface area contributed by atoms with Gasteiger partial charge in [0.25, 0.3) is 0 Å². The number of methoxy groups -OCH3 is 1. The Balaban J connectivity index is 1.75. The zero-order valence-electron chi connectivity index (χ0n) is 20.5. The maximum Gasteiger partial charge on any atom is 0.241 e. The number of alkyl halides is 3. The number of aliphatic imine (C=N–C) groups is 1. The van der Waals surface area contributed by atoms with Crippen LogP contribution in [0.15, 0.2) is 17.1 Å². The van der Waals surface area contributed by atoms with Crippen LogP contribution in [0.5, 0.6) is 5.75 Å². The van der Waals surface area contributed by atoms with Crippen molar-refractivity contribution in [2.24, 2.45) is 4.99 Å². The van der Waals surface area contributed by atoms with Crippen LogP contribution in [0.1, 0.15) is 58.2 Å². The van der Waals surface area contributed by atoms with Gasteiger partial charge in [-0.2, -0.15) is 0 Å². The maximum absolute atomic E-state index is 10.9. The summed E-state index contributed by atoms with van der Waals surface area (Å²) in [6.45, 7) is 12.5. The van der Waals surface area contributed by atoms with Crippen LogP contribution in [-0.2, 0) is 29.8 Å². The Kier molecular flexibility index (Phi) is 8.23. The Bertz CT molecular complexity index is 906. The molecule has 0 aliphatic carbocycles. The molecule has 0 radical (unpaired) electrons. The quantitative estimate of drug-likeness (QED) is 0.420. The highest BCUT2D eigenvalue weighted by Crippen LogP contribution is 2.43. The molecular weight excluding hydrogens is 505 g/mol. The van der Waals surface area contributed by atoms with Crippen molar-refractivity contribution in [1.29, 1.82) is 0 Å². The average Bonchev–Trinajstić information content (AvgIpc) is 3.25. The van der Waals surface area contributed by atoms with E-state index in [9.17, 15) is 10.2 Å². The van der Waals surface area contributed by atoms with E-state index in [2.05, 4.69) is 46.5 Å². The van der Waals surface area contributed by atoms with Gasteiger partial charge in [0, 0.05) is 24.5 Å². The Labute approximate surface area is 216 Å². The minimum atomic E-state index is -1.78. The number of rotatable bonds is 5. The minimum absolute atomic E-state index is 0.0158. The van der Waals surface area contributed by atoms with Gasteiger partial charge in [0.05, 0.1) is 6.54 Å². The highest BCUT2D eigenvalue weighted by molar-refractivity contribution is 6.67. The summed E-state index contributed by atoms with van der Waals surface area (Å²) in [5.74, 6) is 0.180. The van der Waals surface area contributed by atoms with Gasteiger partial charge in [-0.05, 0) is 22.5 Å². The van der Waals surface area contributed by atoms with Gasteiger partial charge in [-0.1, -0.05) is 82.4 Å². The second-order valence-electron chi connectivity index (χ2n) is 10.8. The Hall–Kier alpha value is -0.640. The van der Waals surface area contributed by atoms with E-state index in [-0.39, 0.29) is 23.1 Å². The normalized spacial score (nSPS) is 29.1. The van der Waals surface area contributed by atoms with Crippen molar-refractivity contribution in [2.75, 3.05) is 13.7 Å². The second-order valence-corrected chi connectivity index (χ2v) is 13.2. The van der Waals surface area contributed by atoms with Crippen molar-refractivity contribution in [3.63, 3.8) is 0 Å². The van der Waals surface area contributed by atoms with Crippen molar-refractivity contribution in [3.8, 4) is 5.75 Å². The van der Waals surface area contributed by atoms with Crippen molar-refractivity contribution in [3.05, 3.63) is 28.8 Å². The van der Waals surface area contributed by atoms with Crippen LogP contribution in [0, 0.1) is 0 Å². The van der Waals surface area contributed by atoms with E-state index < -0.39 is 40.8 Å². The van der Waals surface area contributed by atoms with Crippen LogP contribution in [0.2, 0.25) is 0 Å². The van der Waals surface area contributed by atoms with E-state index in [1.54, 1.807) is 6.21 Å². The van der Waals surface area contributed by atoms with Gasteiger partial charge in [0.15, 0.2) is 6.29 Å². The summed E-state index contributed by atoms with van der Waals surface area (Å²) in [5, 5.41) is 21.7. The van der Waals surface area contributed by atoms with Crippen molar-refractivity contribution in [2.45, 2.75) is 93.2 Å². The highest BCUT2D eigenvalue weighted by Gasteiger charge is 2.57. The topological polar surface area (TPSA) is 89.7 Å². The van der Waals surface area contributed by atoms with Crippen LogP contribution in [0.25, 0.3) is 0 Å². The lowest BCUT2D eigenvalue weighted by Crippen LogP contribution is -2.43. The number of nitrogens with zero attached hydrogens (tertiary/aromatic N) is 1. The standard InChI is InChI=1S/C24H34Cl3NO6/c1-22(2,3)13-8-12(16(30)14(9-13)23(4,5)6)10-28-11-15(29)17-18(31-7)19-20(32-17)34-21(33-19)24(25,26)27/h8-10,15,17-21,29-30H,11H2,1-7H3/t15?,17-,18+,19-,20+,21?/m1/s1. The molecule has 2 saturated heterocycles. The lowest BCUT2D eigenvalue weighted by molar-refractivity contribution is -0.186. The molecule has 1 aromatic rings. The van der Waals surface area contributed by atoms with E-state index >= 15 is 0 Å². The number of phenolic OH excluding ortho intramolecular Hbond substituents is 1. The van der Waals surface area contributed by atoms with E-state index in [4.69, 9.17) is 53.8 Å². The van der Waals surface area contributed by atoms with Gasteiger partial charge in [-0.3, -0.25) is 4.99 Å². The summed E-state index contributed by atoms with van der Waals surface area (Å²) in [6.07, 6.45) is -3.43. The highest BCUT2D eigenvalue weighted by atomic mass is 35.6. The number of hydrogen-bond donors (Lipinski definition) is 2. The van der Waals surface area contributed by atoms with Crippen molar-refractivity contribution < 1.29 is 29.2 Å². The lowest BCUT2D eigenvalue weighted by atomic mass is 9.79. The number of fused-ring (bicyclic) bond motifs is 1. The molecule has 2 N–H and O–H groups in total. The largest absolute Gasteiger partial charge is 0.507 e. The SMILES string of the molecule is CO[C@@H]1[C@H]2OC(C(Cl)(Cl)Cl)O[C@@H]2O[C@@H]1C(O)CN=Cc1cc(C(C)(C)C)cc(C(C)(C)C)c1O. The predicted octanol–water partition coefficient (Wildman–Crippen LogP) is 4.62. The van der Waals surface area contributed by atoms with Gasteiger partial charge in [0.2, 0.25) is 10.1 Å². The first-order valence-corrected chi connectivity index (χ1v) is 12.3. The van der Waals surface area contributed by atoms with Gasteiger partial charge in [-0.15, -0.1) is 0 Å². The number of benzene rings is 1. The Morgan fingerprint density at radius 2 is 1.71 bits per heavy atom. The average molecular weight is 539 g/mol. The summed E-state index contributed by atoms with van der Waals surface area (Å²) in [5.41, 5.74) is 2.16. The molecule has 0 aromatic heterocycles. The van der Waals surface area contributed by atoms with Crippen LogP contribution in [-0.4, -0.2) is 70.9 Å². The molecule has 0 bridgehead atoms. The number of hydrogen-bond acceptors (Lipinski definition) is 7. The molecule has 192 valence electrons. The number of ether oxygens (including phenoxy) is 4. The third-order valence-electron chi connectivity index (χ3n) is 6.00. The second kappa shape index (κ2) is 10.0. The first-order valence-electron chi connectivity index (χ1n) is 11.2. The third kappa shape index (κ3) is 6.01. The summed E-state index contributed by atoms with van der Waals surface area (Å²) < 4.78 is 20.7. The molecule has 7 nitrogen and oxygen atoms in total. The molecule has 6 atom stereocenters. The zero-order chi connectivity index (χ0) is 25.6. The lowest BCUT2D eigenvalue weighted by Gasteiger charge is -2.27. The molecule has 0 saturated carbocycles. The molecule has 10 heteroatoms. The summed E-state index contributed by atoms with van der Waals surface area (Å²) in [4.78, 5) is 4.39. The minimum Gasteiger partial charge on any atom is -0.507 e. The fourth-order valence-corrected chi connectivity index (χ4v) is 4.36. The first kappa shape index (κ1) is 27.9. The number of aliphatic hydroxyl groups is 1. The predicted molar refractivity (Wildman–Crippen MR) is 133 cm³/mol. The molecule has 34 heavy (non-hydrogen) atoms. The van der Waals surface area contributed by atoms with E-state index in [0.717, 1.165) is 11.1 Å². The van der Waals surface area contributed by atoms with Gasteiger partial charge >= 0.3 is 0 Å². The molecular formula is C24H34Cl3NO6. The molecule has 2 fully saturated rings. The number of aromatic hydroxyl groups is 1. The molecule has 2 unspecified atom stereocenters. The molecule has 3 rings (SSSR count). The van der Waals surface area contributed by atoms with Crippen LogP contribution < -0.4 is 0 Å². The Morgan fingerprint density at radius 1 is 1.06 bits per heavy atom. The van der Waals surface area contributed by atoms with Crippen molar-refractivity contribution in [1.82, 2.24) is 0 Å². The molecule has 2 heterocycles. The Morgan fingerprint density at radius 3 is 2.24 bits per heavy atom. The zero-order valence-corrected chi connectivity index (χ0v) is 22.8. The first-order chi connectivity index (χ1) is 15.5. The third-order valence-corrected chi connectivity index (χ3v) is 6.54. The molecule has 2 aliphatic heterocycles.